The number of aromatic hydroxyl groups is 1. The molecule has 2 aromatic carbocycles. The van der Waals surface area contributed by atoms with Crippen LogP contribution in [-0.2, 0) is 33.6 Å². The van der Waals surface area contributed by atoms with Gasteiger partial charge in [-0.2, -0.15) is 0 Å². The number of aliphatic hydroxyl groups excluding tert-OH is 2. The molecule has 268 valence electrons. The number of benzene rings is 2. The van der Waals surface area contributed by atoms with Crippen molar-refractivity contribution in [1.82, 2.24) is 0 Å². The zero-order valence-corrected chi connectivity index (χ0v) is 28.9. The second kappa shape index (κ2) is 12.1. The molecule has 4 atom stereocenters. The van der Waals surface area contributed by atoms with E-state index in [1.807, 2.05) is 13.8 Å². The van der Waals surface area contributed by atoms with Gasteiger partial charge in [-0.05, 0) is 60.4 Å². The second-order valence-electron chi connectivity index (χ2n) is 15.0. The maximum atomic E-state index is 14.5. The van der Waals surface area contributed by atoms with Crippen molar-refractivity contribution in [3.05, 3.63) is 80.8 Å². The Balaban J connectivity index is 1.60. The largest absolute Gasteiger partial charge is 0.573 e. The Morgan fingerprint density at radius 2 is 1.60 bits per heavy atom. The maximum absolute atomic E-state index is 14.5. The van der Waals surface area contributed by atoms with Gasteiger partial charge in [0.2, 0.25) is 5.78 Å². The third kappa shape index (κ3) is 5.61. The first-order chi connectivity index (χ1) is 23.0. The van der Waals surface area contributed by atoms with Crippen LogP contribution in [0.4, 0.5) is 13.2 Å². The molecule has 0 aliphatic heterocycles. The maximum Gasteiger partial charge on any atom is 0.573 e. The molecule has 5 rings (SSSR count). The molecular weight excluding hydrogens is 657 g/mol. The van der Waals surface area contributed by atoms with Crippen LogP contribution in [0.15, 0.2) is 53.0 Å². The van der Waals surface area contributed by atoms with Crippen LogP contribution in [0, 0.1) is 22.7 Å². The van der Waals surface area contributed by atoms with Gasteiger partial charge in [0, 0.05) is 40.7 Å². The highest BCUT2D eigenvalue weighted by Gasteiger charge is 2.71. The first-order valence-electron chi connectivity index (χ1n) is 16.4. The summed E-state index contributed by atoms with van der Waals surface area (Å²) < 4.78 is 41.5. The van der Waals surface area contributed by atoms with E-state index < -0.39 is 86.4 Å². The van der Waals surface area contributed by atoms with Gasteiger partial charge in [0.15, 0.2) is 17.2 Å². The summed E-state index contributed by atoms with van der Waals surface area (Å²) in [5.41, 5.74) is -4.93. The second-order valence-corrected chi connectivity index (χ2v) is 15.0. The highest BCUT2D eigenvalue weighted by molar-refractivity contribution is 6.25. The summed E-state index contributed by atoms with van der Waals surface area (Å²) in [5, 5.41) is 47.1. The highest BCUT2D eigenvalue weighted by atomic mass is 19.4. The van der Waals surface area contributed by atoms with Gasteiger partial charge in [0.25, 0.3) is 0 Å². The number of hydrogen-bond acceptors (Lipinski definition) is 9. The van der Waals surface area contributed by atoms with Gasteiger partial charge in [0.1, 0.15) is 34.4 Å². The van der Waals surface area contributed by atoms with E-state index in [4.69, 9.17) is 0 Å². The molecule has 0 saturated carbocycles. The molecule has 4 N–H and O–H groups in total. The summed E-state index contributed by atoms with van der Waals surface area (Å²) in [6.07, 6.45) is -5.34. The van der Waals surface area contributed by atoms with E-state index in [2.05, 4.69) is 4.74 Å². The smallest absolute Gasteiger partial charge is 0.511 e. The molecular formula is C38H41F3O9. The molecule has 0 aromatic heterocycles. The number of halogens is 3. The van der Waals surface area contributed by atoms with Crippen LogP contribution in [-0.4, -0.2) is 55.5 Å². The predicted molar refractivity (Wildman–Crippen MR) is 175 cm³/mol. The van der Waals surface area contributed by atoms with E-state index >= 15 is 0 Å². The lowest BCUT2D eigenvalue weighted by molar-refractivity contribution is -0.274. The molecule has 0 heterocycles. The standard InChI is InChI=1S/C38H41F3O9/c1-17(2)24-14-21(13-22(43)12-20-8-10-23(11-9-20)50-38(39,40)41)30(44)27-25(24)15-35(6)16-36(7)28(18(3)4)31(45)26(19(5)42)33(47)37(36,49)34(48)29(35)32(27)46/h8-11,14,17-18,28,44-45,48-49H,12-13,15-16H2,1-7H3/t28?,35-,36-,37+/m1/s1. The van der Waals surface area contributed by atoms with Crippen molar-refractivity contribution < 1.29 is 57.5 Å². The zero-order valence-electron chi connectivity index (χ0n) is 28.9. The number of ether oxygens (including phenoxy) is 1. The van der Waals surface area contributed by atoms with Crippen molar-refractivity contribution in [3.8, 4) is 11.5 Å². The minimum atomic E-state index is -4.87. The third-order valence-electron chi connectivity index (χ3n) is 10.7. The van der Waals surface area contributed by atoms with Gasteiger partial charge in [-0.3, -0.25) is 19.2 Å². The third-order valence-corrected chi connectivity index (χ3v) is 10.7. The number of Topliss-reactive ketones (excluding diaryl/α,β-unsaturated/α-hetero) is 4. The van der Waals surface area contributed by atoms with Crippen LogP contribution in [0.25, 0.3) is 0 Å². The molecule has 0 radical (unpaired) electrons. The Morgan fingerprint density at radius 3 is 2.12 bits per heavy atom. The number of allylic oxidation sites excluding steroid dienone is 2. The molecule has 0 fully saturated rings. The van der Waals surface area contributed by atoms with Gasteiger partial charge < -0.3 is 25.2 Å². The Bertz CT molecular complexity index is 1890. The number of phenols is 1. The summed E-state index contributed by atoms with van der Waals surface area (Å²) in [5.74, 6) is -7.16. The van der Waals surface area contributed by atoms with Crippen molar-refractivity contribution in [2.24, 2.45) is 22.7 Å². The topological polar surface area (TPSA) is 158 Å². The highest BCUT2D eigenvalue weighted by Crippen LogP contribution is 2.65. The number of alkyl halides is 3. The van der Waals surface area contributed by atoms with Crippen LogP contribution in [0.5, 0.6) is 11.5 Å². The molecule has 0 saturated heterocycles. The van der Waals surface area contributed by atoms with Crippen LogP contribution in [0.3, 0.4) is 0 Å². The first kappa shape index (κ1) is 36.8. The Labute approximate surface area is 287 Å². The van der Waals surface area contributed by atoms with Crippen molar-refractivity contribution in [2.75, 3.05) is 0 Å². The number of aliphatic hydroxyl groups is 3. The number of rotatable bonds is 8. The number of fused-ring (bicyclic) bond motifs is 3. The van der Waals surface area contributed by atoms with Gasteiger partial charge in [-0.25, -0.2) is 0 Å². The molecule has 50 heavy (non-hydrogen) atoms. The van der Waals surface area contributed by atoms with E-state index in [0.29, 0.717) is 16.7 Å². The average molecular weight is 699 g/mol. The fraction of sp³-hybridized carbons (Fsp3) is 0.474. The lowest BCUT2D eigenvalue weighted by Gasteiger charge is -2.59. The van der Waals surface area contributed by atoms with E-state index in [0.717, 1.165) is 19.1 Å². The minimum Gasteiger partial charge on any atom is -0.511 e. The van der Waals surface area contributed by atoms with Crippen LogP contribution < -0.4 is 4.74 Å². The number of carbonyl (C=O) groups is 4. The molecule has 3 aliphatic rings. The first-order valence-corrected chi connectivity index (χ1v) is 16.4. The van der Waals surface area contributed by atoms with Crippen molar-refractivity contribution in [1.29, 1.82) is 0 Å². The van der Waals surface area contributed by atoms with Gasteiger partial charge in [0.05, 0.1) is 5.56 Å². The fourth-order valence-corrected chi connectivity index (χ4v) is 8.85. The van der Waals surface area contributed by atoms with Crippen LogP contribution >= 0.6 is 0 Å². The van der Waals surface area contributed by atoms with E-state index in [1.165, 1.54) is 12.1 Å². The van der Waals surface area contributed by atoms with Crippen molar-refractivity contribution in [2.45, 2.75) is 92.0 Å². The number of carbonyl (C=O) groups excluding carboxylic acids is 4. The predicted octanol–water partition coefficient (Wildman–Crippen LogP) is 6.72. The van der Waals surface area contributed by atoms with Gasteiger partial charge in [-0.1, -0.05) is 59.7 Å². The van der Waals surface area contributed by atoms with E-state index in [9.17, 15) is 52.8 Å². The average Bonchev–Trinajstić information content (AvgIpc) is 2.96. The normalized spacial score (nSPS) is 26.6. The van der Waals surface area contributed by atoms with Gasteiger partial charge >= 0.3 is 6.36 Å². The molecule has 9 nitrogen and oxygen atoms in total. The van der Waals surface area contributed by atoms with E-state index in [-0.39, 0.29) is 48.3 Å². The molecule has 0 spiro atoms. The molecule has 0 amide bonds. The monoisotopic (exact) mass is 698 g/mol. The summed E-state index contributed by atoms with van der Waals surface area (Å²) in [4.78, 5) is 54.3. The minimum absolute atomic E-state index is 0.0454. The molecule has 12 heteroatoms. The van der Waals surface area contributed by atoms with Crippen LogP contribution in [0.2, 0.25) is 0 Å². The Kier molecular flexibility index (Phi) is 8.91. The molecule has 2 aromatic rings. The van der Waals surface area contributed by atoms with E-state index in [1.54, 1.807) is 33.8 Å². The fourth-order valence-electron chi connectivity index (χ4n) is 8.85. The lowest BCUT2D eigenvalue weighted by atomic mass is 9.44. The summed E-state index contributed by atoms with van der Waals surface area (Å²) in [6, 6.07) is 6.45. The molecule has 1 unspecified atom stereocenters. The number of phenolic OH excluding ortho intramolecular Hbond substituents is 1. The quantitative estimate of drug-likeness (QED) is 0.220. The van der Waals surface area contributed by atoms with Crippen molar-refractivity contribution >= 4 is 23.1 Å². The summed E-state index contributed by atoms with van der Waals surface area (Å²) in [7, 11) is 0. The Morgan fingerprint density at radius 1 is 1.00 bits per heavy atom. The Hall–Kier alpha value is -4.45. The molecule has 0 bridgehead atoms. The number of ketones is 4. The lowest BCUT2D eigenvalue weighted by Crippen LogP contribution is -2.67. The summed E-state index contributed by atoms with van der Waals surface area (Å²) >= 11 is 0. The zero-order chi connectivity index (χ0) is 37.5. The summed E-state index contributed by atoms with van der Waals surface area (Å²) in [6.45, 7) is 11.6. The number of hydrogen-bond donors (Lipinski definition) is 4. The molecule has 3 aliphatic carbocycles. The SMILES string of the molecule is CC(=O)C1=C(O)C(C(C)C)[C@@]2(C)C[C@@]3(C)Cc4c(C(C)C)cc(CC(=O)Cc5ccc(OC(F)(F)F)cc5)c(O)c4C(=O)C3=C(O)[C@@]2(O)C1=O. The van der Waals surface area contributed by atoms with Gasteiger partial charge in [-0.15, -0.1) is 13.2 Å². The van der Waals surface area contributed by atoms with Crippen LogP contribution in [0.1, 0.15) is 93.4 Å². The van der Waals surface area contributed by atoms with Crippen molar-refractivity contribution in [3.63, 3.8) is 0 Å².